The number of nitrogens with zero attached hydrogens (tertiary/aromatic N) is 2. The molecule has 0 saturated carbocycles. The second-order valence-corrected chi connectivity index (χ2v) is 3.03. The quantitative estimate of drug-likeness (QED) is 0.738. The van der Waals surface area contributed by atoms with Crippen molar-refractivity contribution >= 4 is 5.69 Å². The summed E-state index contributed by atoms with van der Waals surface area (Å²) in [5.41, 5.74) is 7.27. The van der Waals surface area contributed by atoms with Crippen LogP contribution in [0.4, 0.5) is 5.69 Å². The minimum absolute atomic E-state index is 0.217. The Kier molecular flexibility index (Phi) is 2.70. The van der Waals surface area contributed by atoms with Gasteiger partial charge in [-0.15, -0.1) is 0 Å². The summed E-state index contributed by atoms with van der Waals surface area (Å²) in [6.45, 7) is 6.37. The third kappa shape index (κ3) is 1.98. The number of nitrogen functional groups attached to an aromatic ring is 1. The molecular formula is C8H15N3O. The summed E-state index contributed by atoms with van der Waals surface area (Å²) in [4.78, 5) is 0. The Hall–Kier alpha value is -1.03. The van der Waals surface area contributed by atoms with Crippen LogP contribution in [0.1, 0.15) is 19.5 Å². The van der Waals surface area contributed by atoms with Crippen LogP contribution >= 0.6 is 0 Å². The van der Waals surface area contributed by atoms with Crippen molar-refractivity contribution in [1.82, 2.24) is 9.78 Å². The Balaban J connectivity index is 2.58. The molecule has 0 aliphatic rings. The molecule has 0 aliphatic heterocycles. The highest BCUT2D eigenvalue weighted by molar-refractivity contribution is 5.39. The van der Waals surface area contributed by atoms with Crippen LogP contribution in [-0.2, 0) is 11.5 Å². The Morgan fingerprint density at radius 1 is 1.67 bits per heavy atom. The second kappa shape index (κ2) is 3.58. The molecule has 0 spiro atoms. The van der Waals surface area contributed by atoms with Gasteiger partial charge in [0.05, 0.1) is 23.7 Å². The molecule has 0 saturated heterocycles. The third-order valence-corrected chi connectivity index (χ3v) is 1.67. The minimum Gasteiger partial charge on any atom is -0.396 e. The maximum Gasteiger partial charge on any atom is 0.140 e. The lowest BCUT2D eigenvalue weighted by molar-refractivity contribution is 0.0210. The first-order chi connectivity index (χ1) is 5.61. The third-order valence-electron chi connectivity index (χ3n) is 1.67. The van der Waals surface area contributed by atoms with Gasteiger partial charge in [-0.1, -0.05) is 0 Å². The molecule has 0 unspecified atom stereocenters. The second-order valence-electron chi connectivity index (χ2n) is 3.03. The SMILES string of the molecule is Cc1c(N)cnn1COC(C)C. The van der Waals surface area contributed by atoms with Crippen LogP contribution in [0.3, 0.4) is 0 Å². The monoisotopic (exact) mass is 169 g/mol. The smallest absolute Gasteiger partial charge is 0.140 e. The highest BCUT2D eigenvalue weighted by atomic mass is 16.5. The van der Waals surface area contributed by atoms with Crippen LogP contribution in [-0.4, -0.2) is 15.9 Å². The summed E-state index contributed by atoms with van der Waals surface area (Å²) >= 11 is 0. The van der Waals surface area contributed by atoms with Crippen LogP contribution in [0, 0.1) is 6.92 Å². The lowest BCUT2D eigenvalue weighted by Crippen LogP contribution is -2.10. The van der Waals surface area contributed by atoms with E-state index in [0.717, 1.165) is 5.69 Å². The van der Waals surface area contributed by atoms with E-state index in [4.69, 9.17) is 10.5 Å². The average Bonchev–Trinajstić information content (AvgIpc) is 2.30. The van der Waals surface area contributed by atoms with Crippen molar-refractivity contribution in [3.63, 3.8) is 0 Å². The van der Waals surface area contributed by atoms with Gasteiger partial charge in [0.25, 0.3) is 0 Å². The molecule has 12 heavy (non-hydrogen) atoms. The van der Waals surface area contributed by atoms with Gasteiger partial charge in [-0.2, -0.15) is 5.10 Å². The van der Waals surface area contributed by atoms with Gasteiger partial charge in [0.1, 0.15) is 6.73 Å². The Bertz CT molecular complexity index is 255. The molecule has 1 aromatic heterocycles. The van der Waals surface area contributed by atoms with Crippen molar-refractivity contribution in [2.75, 3.05) is 5.73 Å². The first kappa shape index (κ1) is 9.06. The molecule has 0 atom stereocenters. The molecular weight excluding hydrogens is 154 g/mol. The van der Waals surface area contributed by atoms with E-state index in [9.17, 15) is 0 Å². The van der Waals surface area contributed by atoms with E-state index in [1.165, 1.54) is 0 Å². The van der Waals surface area contributed by atoms with Crippen LogP contribution in [0.15, 0.2) is 6.20 Å². The maximum absolute atomic E-state index is 5.61. The Labute approximate surface area is 72.3 Å². The lowest BCUT2D eigenvalue weighted by atomic mass is 10.4. The van der Waals surface area contributed by atoms with E-state index in [1.807, 2.05) is 20.8 Å². The number of rotatable bonds is 3. The van der Waals surface area contributed by atoms with Gasteiger partial charge in [-0.05, 0) is 20.8 Å². The summed E-state index contributed by atoms with van der Waals surface area (Å²) in [6, 6.07) is 0. The molecule has 68 valence electrons. The van der Waals surface area contributed by atoms with Crippen molar-refractivity contribution in [2.45, 2.75) is 33.6 Å². The van der Waals surface area contributed by atoms with Crippen LogP contribution < -0.4 is 5.73 Å². The number of nitrogens with two attached hydrogens (primary N) is 1. The first-order valence-corrected chi connectivity index (χ1v) is 4.00. The summed E-state index contributed by atoms with van der Waals surface area (Å²) in [7, 11) is 0. The van der Waals surface area contributed by atoms with Crippen molar-refractivity contribution in [3.8, 4) is 0 Å². The molecule has 1 aromatic rings. The lowest BCUT2D eigenvalue weighted by Gasteiger charge is -2.08. The number of anilines is 1. The Morgan fingerprint density at radius 2 is 2.33 bits per heavy atom. The standard InChI is InChI=1S/C8H15N3O/c1-6(2)12-5-11-7(3)8(9)4-10-11/h4,6H,5,9H2,1-3H3. The van der Waals surface area contributed by atoms with Crippen LogP contribution in [0.2, 0.25) is 0 Å². The molecule has 0 aliphatic carbocycles. The first-order valence-electron chi connectivity index (χ1n) is 4.00. The summed E-state index contributed by atoms with van der Waals surface area (Å²) in [5, 5.41) is 4.05. The zero-order valence-corrected chi connectivity index (χ0v) is 7.74. The molecule has 1 rings (SSSR count). The predicted octanol–water partition coefficient (Wildman–Crippen LogP) is 1.16. The summed E-state index contributed by atoms with van der Waals surface area (Å²) in [5.74, 6) is 0. The van der Waals surface area contributed by atoms with Gasteiger partial charge in [-0.25, -0.2) is 4.68 Å². The van der Waals surface area contributed by atoms with E-state index >= 15 is 0 Å². The molecule has 0 fully saturated rings. The van der Waals surface area contributed by atoms with Gasteiger partial charge in [0.15, 0.2) is 0 Å². The van der Waals surface area contributed by atoms with Gasteiger partial charge in [0, 0.05) is 0 Å². The normalized spacial score (nSPS) is 11.0. The van der Waals surface area contributed by atoms with E-state index in [-0.39, 0.29) is 6.10 Å². The fraction of sp³-hybridized carbons (Fsp3) is 0.625. The number of aromatic nitrogens is 2. The van der Waals surface area contributed by atoms with E-state index < -0.39 is 0 Å². The van der Waals surface area contributed by atoms with Gasteiger partial charge >= 0.3 is 0 Å². The molecule has 0 radical (unpaired) electrons. The van der Waals surface area contributed by atoms with E-state index in [2.05, 4.69) is 5.10 Å². The molecule has 0 bridgehead atoms. The Morgan fingerprint density at radius 3 is 2.75 bits per heavy atom. The minimum atomic E-state index is 0.217. The number of hydrogen-bond acceptors (Lipinski definition) is 3. The predicted molar refractivity (Wildman–Crippen MR) is 47.6 cm³/mol. The fourth-order valence-electron chi connectivity index (χ4n) is 0.811. The fourth-order valence-corrected chi connectivity index (χ4v) is 0.811. The summed E-state index contributed by atoms with van der Waals surface area (Å²) < 4.78 is 7.11. The van der Waals surface area contributed by atoms with Crippen molar-refractivity contribution in [2.24, 2.45) is 0 Å². The number of hydrogen-bond donors (Lipinski definition) is 1. The zero-order valence-electron chi connectivity index (χ0n) is 7.74. The molecule has 0 amide bonds. The molecule has 4 heteroatoms. The highest BCUT2D eigenvalue weighted by Crippen LogP contribution is 2.08. The molecule has 2 N–H and O–H groups in total. The zero-order chi connectivity index (χ0) is 9.14. The van der Waals surface area contributed by atoms with Crippen molar-refractivity contribution in [1.29, 1.82) is 0 Å². The van der Waals surface area contributed by atoms with E-state index in [0.29, 0.717) is 12.4 Å². The topological polar surface area (TPSA) is 53.1 Å². The number of ether oxygens (including phenoxy) is 1. The van der Waals surface area contributed by atoms with Crippen LogP contribution in [0.5, 0.6) is 0 Å². The van der Waals surface area contributed by atoms with E-state index in [1.54, 1.807) is 10.9 Å². The van der Waals surface area contributed by atoms with Gasteiger partial charge in [0.2, 0.25) is 0 Å². The molecule has 0 aromatic carbocycles. The largest absolute Gasteiger partial charge is 0.396 e. The van der Waals surface area contributed by atoms with Crippen molar-refractivity contribution < 1.29 is 4.74 Å². The van der Waals surface area contributed by atoms with Crippen LogP contribution in [0.25, 0.3) is 0 Å². The molecule has 4 nitrogen and oxygen atoms in total. The average molecular weight is 169 g/mol. The van der Waals surface area contributed by atoms with Gasteiger partial charge < -0.3 is 10.5 Å². The summed E-state index contributed by atoms with van der Waals surface area (Å²) in [6.07, 6.45) is 1.86. The van der Waals surface area contributed by atoms with Gasteiger partial charge in [-0.3, -0.25) is 0 Å². The molecule has 1 heterocycles. The van der Waals surface area contributed by atoms with Crippen molar-refractivity contribution in [3.05, 3.63) is 11.9 Å². The highest BCUT2D eigenvalue weighted by Gasteiger charge is 2.02. The maximum atomic E-state index is 5.61.